The molecular weight excluding hydrogens is 286 g/mol. The van der Waals surface area contributed by atoms with Gasteiger partial charge in [0.05, 0.1) is 12.3 Å². The Morgan fingerprint density at radius 2 is 2.14 bits per heavy atom. The first kappa shape index (κ1) is 15.7. The Labute approximate surface area is 128 Å². The van der Waals surface area contributed by atoms with Gasteiger partial charge in [-0.25, -0.2) is 0 Å². The van der Waals surface area contributed by atoms with E-state index in [0.29, 0.717) is 23.7 Å². The van der Waals surface area contributed by atoms with E-state index < -0.39 is 0 Å². The highest BCUT2D eigenvalue weighted by Gasteiger charge is 2.22. The van der Waals surface area contributed by atoms with Gasteiger partial charge in [0.25, 0.3) is 5.91 Å². The number of carbonyl (C=O) groups is 1. The second-order valence-corrected chi connectivity index (χ2v) is 6.14. The largest absolute Gasteiger partial charge is 0.397 e. The molecule has 1 amide bonds. The van der Waals surface area contributed by atoms with Crippen molar-refractivity contribution in [2.24, 2.45) is 0 Å². The first-order valence-electron chi connectivity index (χ1n) is 7.06. The number of fused-ring (bicyclic) bond motifs is 1. The average Bonchev–Trinajstić information content (AvgIpc) is 2.74. The first-order valence-corrected chi connectivity index (χ1v) is 7.87. The van der Waals surface area contributed by atoms with Crippen molar-refractivity contribution in [3.63, 3.8) is 0 Å². The third-order valence-electron chi connectivity index (χ3n) is 3.36. The van der Waals surface area contributed by atoms with Crippen LogP contribution in [0.3, 0.4) is 0 Å². The van der Waals surface area contributed by atoms with Crippen LogP contribution in [-0.4, -0.2) is 40.6 Å². The van der Waals surface area contributed by atoms with Gasteiger partial charge in [-0.05, 0) is 26.3 Å². The molecule has 5 nitrogen and oxygen atoms in total. The fourth-order valence-electron chi connectivity index (χ4n) is 2.49. The predicted molar refractivity (Wildman–Crippen MR) is 86.8 cm³/mol. The highest BCUT2D eigenvalue weighted by Crippen LogP contribution is 2.36. The van der Waals surface area contributed by atoms with Crippen LogP contribution < -0.4 is 5.73 Å². The minimum Gasteiger partial charge on any atom is -0.397 e. The number of hydrogen-bond donors (Lipinski definition) is 2. The highest BCUT2D eigenvalue weighted by molar-refractivity contribution is 7.21. The summed E-state index contributed by atoms with van der Waals surface area (Å²) >= 11 is 1.40. The van der Waals surface area contributed by atoms with Gasteiger partial charge in [-0.15, -0.1) is 11.3 Å². The third-order valence-corrected chi connectivity index (χ3v) is 4.50. The van der Waals surface area contributed by atoms with E-state index in [1.807, 2.05) is 26.8 Å². The number of nitrogens with zero attached hydrogens (tertiary/aromatic N) is 2. The molecule has 21 heavy (non-hydrogen) atoms. The predicted octanol–water partition coefficient (Wildman–Crippen LogP) is 2.34. The number of pyridine rings is 1. The lowest BCUT2D eigenvalue weighted by molar-refractivity contribution is 0.0728. The number of nitrogen functional groups attached to an aromatic ring is 1. The smallest absolute Gasteiger partial charge is 0.266 e. The Morgan fingerprint density at radius 1 is 1.43 bits per heavy atom. The van der Waals surface area contributed by atoms with E-state index in [-0.39, 0.29) is 12.5 Å². The van der Waals surface area contributed by atoms with Gasteiger partial charge in [0, 0.05) is 34.6 Å². The number of amides is 1. The Kier molecular flexibility index (Phi) is 4.80. The number of aliphatic hydroxyl groups is 1. The SMILES string of the molecule is CCCN(CCO)C(=O)c1sc2cc(C)nc(C)c2c1N. The highest BCUT2D eigenvalue weighted by atomic mass is 32.1. The van der Waals surface area contributed by atoms with E-state index in [0.717, 1.165) is 27.9 Å². The minimum atomic E-state index is -0.110. The van der Waals surface area contributed by atoms with E-state index in [4.69, 9.17) is 10.8 Å². The summed E-state index contributed by atoms with van der Waals surface area (Å²) in [5.41, 5.74) is 8.45. The topological polar surface area (TPSA) is 79.5 Å². The average molecular weight is 307 g/mol. The van der Waals surface area contributed by atoms with Gasteiger partial charge >= 0.3 is 0 Å². The summed E-state index contributed by atoms with van der Waals surface area (Å²) in [6.07, 6.45) is 0.843. The lowest BCUT2D eigenvalue weighted by Gasteiger charge is -2.20. The Bertz CT molecular complexity index is 660. The number of aliphatic hydroxyl groups excluding tert-OH is 1. The van der Waals surface area contributed by atoms with Crippen molar-refractivity contribution in [3.8, 4) is 0 Å². The summed E-state index contributed by atoms with van der Waals surface area (Å²) in [6.45, 7) is 6.74. The summed E-state index contributed by atoms with van der Waals surface area (Å²) < 4.78 is 0.987. The Morgan fingerprint density at radius 3 is 2.76 bits per heavy atom. The number of carbonyl (C=O) groups excluding carboxylic acids is 1. The van der Waals surface area contributed by atoms with E-state index in [9.17, 15) is 4.79 Å². The van der Waals surface area contributed by atoms with E-state index >= 15 is 0 Å². The monoisotopic (exact) mass is 307 g/mol. The van der Waals surface area contributed by atoms with Gasteiger partial charge in [0.2, 0.25) is 0 Å². The molecule has 0 aliphatic carbocycles. The third kappa shape index (κ3) is 3.01. The maximum Gasteiger partial charge on any atom is 0.266 e. The summed E-state index contributed by atoms with van der Waals surface area (Å²) in [4.78, 5) is 19.2. The number of thiophene rings is 1. The van der Waals surface area contributed by atoms with Gasteiger partial charge in [0.1, 0.15) is 4.88 Å². The molecule has 0 unspecified atom stereocenters. The zero-order valence-corrected chi connectivity index (χ0v) is 13.5. The number of anilines is 1. The summed E-state index contributed by atoms with van der Waals surface area (Å²) in [6, 6.07) is 1.95. The molecule has 0 spiro atoms. The number of rotatable bonds is 5. The van der Waals surface area contributed by atoms with Crippen LogP contribution in [0.1, 0.15) is 34.4 Å². The number of aryl methyl sites for hydroxylation is 2. The van der Waals surface area contributed by atoms with Crippen molar-refractivity contribution in [2.45, 2.75) is 27.2 Å². The van der Waals surface area contributed by atoms with E-state index in [1.165, 1.54) is 11.3 Å². The number of aromatic nitrogens is 1. The van der Waals surface area contributed by atoms with Crippen LogP contribution >= 0.6 is 11.3 Å². The van der Waals surface area contributed by atoms with Crippen LogP contribution in [-0.2, 0) is 0 Å². The maximum absolute atomic E-state index is 12.6. The molecule has 0 aliphatic rings. The van der Waals surface area contributed by atoms with Crippen LogP contribution in [0.2, 0.25) is 0 Å². The van der Waals surface area contributed by atoms with Crippen molar-refractivity contribution in [1.82, 2.24) is 9.88 Å². The quantitative estimate of drug-likeness (QED) is 0.888. The molecule has 6 heteroatoms. The summed E-state index contributed by atoms with van der Waals surface area (Å²) in [5, 5.41) is 9.99. The van der Waals surface area contributed by atoms with Crippen LogP contribution in [0.15, 0.2) is 6.07 Å². The zero-order chi connectivity index (χ0) is 15.6. The van der Waals surface area contributed by atoms with Gasteiger partial charge in [-0.3, -0.25) is 9.78 Å². The standard InChI is InChI=1S/C15H21N3O2S/c1-4-5-18(6-7-19)15(20)14-13(16)12-10(3)17-9(2)8-11(12)21-14/h8,19H,4-7,16H2,1-3H3. The number of hydrogen-bond acceptors (Lipinski definition) is 5. The van der Waals surface area contributed by atoms with Crippen molar-refractivity contribution in [3.05, 3.63) is 22.3 Å². The normalized spacial score (nSPS) is 11.0. The van der Waals surface area contributed by atoms with Gasteiger partial charge in [-0.1, -0.05) is 6.92 Å². The molecule has 3 N–H and O–H groups in total. The molecule has 0 saturated heterocycles. The molecule has 0 bridgehead atoms. The molecule has 0 fully saturated rings. The summed E-state index contributed by atoms with van der Waals surface area (Å²) in [7, 11) is 0. The molecule has 2 rings (SSSR count). The Hall–Kier alpha value is -1.66. The minimum absolute atomic E-state index is 0.0454. The Balaban J connectivity index is 2.48. The fourth-order valence-corrected chi connectivity index (χ4v) is 3.73. The van der Waals surface area contributed by atoms with Gasteiger partial charge in [0.15, 0.2) is 0 Å². The van der Waals surface area contributed by atoms with Crippen molar-refractivity contribution < 1.29 is 9.90 Å². The lowest BCUT2D eigenvalue weighted by atomic mass is 10.2. The molecular formula is C15H21N3O2S. The lowest BCUT2D eigenvalue weighted by Crippen LogP contribution is -2.34. The second kappa shape index (κ2) is 6.41. The molecule has 2 aromatic rings. The molecule has 0 atom stereocenters. The number of nitrogens with two attached hydrogens (primary N) is 1. The molecule has 2 aromatic heterocycles. The molecule has 0 aromatic carbocycles. The summed E-state index contributed by atoms with van der Waals surface area (Å²) in [5.74, 6) is -0.110. The second-order valence-electron chi connectivity index (χ2n) is 5.08. The molecule has 114 valence electrons. The van der Waals surface area contributed by atoms with Crippen molar-refractivity contribution in [2.75, 3.05) is 25.4 Å². The van der Waals surface area contributed by atoms with Gasteiger partial charge in [-0.2, -0.15) is 0 Å². The van der Waals surface area contributed by atoms with E-state index in [1.54, 1.807) is 4.90 Å². The molecule has 2 heterocycles. The van der Waals surface area contributed by atoms with Gasteiger partial charge < -0.3 is 15.7 Å². The van der Waals surface area contributed by atoms with Crippen molar-refractivity contribution >= 4 is 33.0 Å². The fraction of sp³-hybridized carbons (Fsp3) is 0.467. The molecule has 0 aliphatic heterocycles. The first-order chi connectivity index (χ1) is 9.99. The van der Waals surface area contributed by atoms with E-state index in [2.05, 4.69) is 4.98 Å². The maximum atomic E-state index is 12.6. The van der Waals surface area contributed by atoms with Crippen LogP contribution in [0, 0.1) is 13.8 Å². The van der Waals surface area contributed by atoms with Crippen LogP contribution in [0.5, 0.6) is 0 Å². The molecule has 0 radical (unpaired) electrons. The van der Waals surface area contributed by atoms with Crippen molar-refractivity contribution in [1.29, 1.82) is 0 Å². The zero-order valence-electron chi connectivity index (χ0n) is 12.6. The van der Waals surface area contributed by atoms with Crippen LogP contribution in [0.25, 0.3) is 10.1 Å². The molecule has 0 saturated carbocycles. The van der Waals surface area contributed by atoms with Crippen LogP contribution in [0.4, 0.5) is 5.69 Å².